The molecule has 7 heteroatoms. The number of benzene rings is 2. The molecule has 1 fully saturated rings. The Morgan fingerprint density at radius 3 is 2.55 bits per heavy atom. The molecule has 0 unspecified atom stereocenters. The zero-order valence-corrected chi connectivity index (χ0v) is 17.8. The molecule has 1 aliphatic heterocycles. The van der Waals surface area contributed by atoms with E-state index in [-0.39, 0.29) is 11.7 Å². The van der Waals surface area contributed by atoms with Gasteiger partial charge >= 0.3 is 0 Å². The number of thiazole rings is 1. The Morgan fingerprint density at radius 2 is 1.77 bits per heavy atom. The summed E-state index contributed by atoms with van der Waals surface area (Å²) in [5.41, 5.74) is 3.45. The second-order valence-electron chi connectivity index (χ2n) is 7.62. The molecule has 6 nitrogen and oxygen atoms in total. The van der Waals surface area contributed by atoms with Crippen molar-refractivity contribution >= 4 is 32.7 Å². The SMILES string of the molecule is O=C(c1cc(Cc2ccccc2)ccc1O)N1CCN(c2nc3cccnc3s2)CC1. The van der Waals surface area contributed by atoms with Crippen LogP contribution in [0, 0.1) is 0 Å². The third-order valence-corrected chi connectivity index (χ3v) is 6.57. The molecule has 2 aromatic carbocycles. The van der Waals surface area contributed by atoms with Crippen LogP contribution in [0.4, 0.5) is 5.13 Å². The van der Waals surface area contributed by atoms with Crippen molar-refractivity contribution in [3.8, 4) is 5.75 Å². The van der Waals surface area contributed by atoms with Crippen LogP contribution in [-0.4, -0.2) is 52.1 Å². The van der Waals surface area contributed by atoms with Gasteiger partial charge in [-0.3, -0.25) is 4.79 Å². The smallest absolute Gasteiger partial charge is 0.257 e. The third kappa shape index (κ3) is 4.09. The molecule has 0 aliphatic carbocycles. The molecule has 1 saturated heterocycles. The number of rotatable bonds is 4. The number of carbonyl (C=O) groups is 1. The van der Waals surface area contributed by atoms with Gasteiger partial charge in [0, 0.05) is 32.4 Å². The topological polar surface area (TPSA) is 69.6 Å². The maximum Gasteiger partial charge on any atom is 0.257 e. The van der Waals surface area contributed by atoms with Gasteiger partial charge in [0.25, 0.3) is 5.91 Å². The lowest BCUT2D eigenvalue weighted by Gasteiger charge is -2.34. The largest absolute Gasteiger partial charge is 0.507 e. The highest BCUT2D eigenvalue weighted by atomic mass is 32.1. The molecule has 31 heavy (non-hydrogen) atoms. The van der Waals surface area contributed by atoms with Crippen LogP contribution in [0.3, 0.4) is 0 Å². The van der Waals surface area contributed by atoms with Crippen LogP contribution in [0.25, 0.3) is 10.3 Å². The van der Waals surface area contributed by atoms with Gasteiger partial charge in [-0.15, -0.1) is 0 Å². The number of fused-ring (bicyclic) bond motifs is 1. The Balaban J connectivity index is 1.28. The summed E-state index contributed by atoms with van der Waals surface area (Å²) in [4.78, 5) is 27.1. The summed E-state index contributed by atoms with van der Waals surface area (Å²) in [6.07, 6.45) is 2.50. The van der Waals surface area contributed by atoms with E-state index in [2.05, 4.69) is 27.0 Å². The number of hydrogen-bond acceptors (Lipinski definition) is 6. The summed E-state index contributed by atoms with van der Waals surface area (Å²) in [6.45, 7) is 2.58. The molecule has 5 rings (SSSR count). The Hall–Kier alpha value is -3.45. The van der Waals surface area contributed by atoms with Crippen LogP contribution in [0.15, 0.2) is 66.9 Å². The summed E-state index contributed by atoms with van der Waals surface area (Å²) in [7, 11) is 0. The van der Waals surface area contributed by atoms with Gasteiger partial charge in [-0.25, -0.2) is 9.97 Å². The summed E-state index contributed by atoms with van der Waals surface area (Å²) in [5.74, 6) is -0.0977. The van der Waals surface area contributed by atoms with Crippen molar-refractivity contribution in [2.75, 3.05) is 31.1 Å². The van der Waals surface area contributed by atoms with Crippen LogP contribution in [0.5, 0.6) is 5.75 Å². The van der Waals surface area contributed by atoms with Gasteiger partial charge in [0.2, 0.25) is 0 Å². The molecular formula is C24H22N4O2S. The molecule has 0 spiro atoms. The van der Waals surface area contributed by atoms with Gasteiger partial charge in [-0.1, -0.05) is 47.7 Å². The molecule has 1 N–H and O–H groups in total. The summed E-state index contributed by atoms with van der Waals surface area (Å²) < 4.78 is 0. The number of amides is 1. The van der Waals surface area contributed by atoms with E-state index in [9.17, 15) is 9.90 Å². The highest BCUT2D eigenvalue weighted by Crippen LogP contribution is 2.28. The molecule has 0 saturated carbocycles. The molecule has 1 amide bonds. The molecule has 0 bridgehead atoms. The lowest BCUT2D eigenvalue weighted by atomic mass is 10.0. The highest BCUT2D eigenvalue weighted by Gasteiger charge is 2.25. The average Bonchev–Trinajstić information content (AvgIpc) is 3.25. The van der Waals surface area contributed by atoms with Crippen molar-refractivity contribution in [2.45, 2.75) is 6.42 Å². The van der Waals surface area contributed by atoms with E-state index in [0.29, 0.717) is 31.7 Å². The van der Waals surface area contributed by atoms with Crippen LogP contribution in [0.1, 0.15) is 21.5 Å². The third-order valence-electron chi connectivity index (χ3n) is 5.53. The normalized spacial score (nSPS) is 14.2. The minimum atomic E-state index is -0.127. The molecule has 2 aromatic heterocycles. The van der Waals surface area contributed by atoms with E-state index in [1.807, 2.05) is 47.4 Å². The van der Waals surface area contributed by atoms with Crippen molar-refractivity contribution in [1.29, 1.82) is 0 Å². The molecule has 4 aromatic rings. The van der Waals surface area contributed by atoms with E-state index >= 15 is 0 Å². The monoisotopic (exact) mass is 430 g/mol. The van der Waals surface area contributed by atoms with Crippen LogP contribution in [0.2, 0.25) is 0 Å². The number of aromatic hydroxyl groups is 1. The molecule has 1 aliphatic rings. The number of anilines is 1. The highest BCUT2D eigenvalue weighted by molar-refractivity contribution is 7.21. The van der Waals surface area contributed by atoms with E-state index in [4.69, 9.17) is 0 Å². The van der Waals surface area contributed by atoms with E-state index in [1.165, 1.54) is 5.56 Å². The number of nitrogens with zero attached hydrogens (tertiary/aromatic N) is 4. The van der Waals surface area contributed by atoms with Crippen molar-refractivity contribution in [3.05, 3.63) is 83.6 Å². The minimum absolute atomic E-state index is 0.0292. The Morgan fingerprint density at radius 1 is 0.968 bits per heavy atom. The van der Waals surface area contributed by atoms with E-state index < -0.39 is 0 Å². The summed E-state index contributed by atoms with van der Waals surface area (Å²) >= 11 is 1.58. The fourth-order valence-electron chi connectivity index (χ4n) is 3.86. The van der Waals surface area contributed by atoms with Gasteiger partial charge in [-0.2, -0.15) is 0 Å². The first-order chi connectivity index (χ1) is 15.2. The maximum atomic E-state index is 13.1. The van der Waals surface area contributed by atoms with Crippen LogP contribution >= 0.6 is 11.3 Å². The first-order valence-corrected chi connectivity index (χ1v) is 11.1. The van der Waals surface area contributed by atoms with Gasteiger partial charge in [-0.05, 0) is 41.8 Å². The first kappa shape index (κ1) is 19.5. The van der Waals surface area contributed by atoms with Crippen molar-refractivity contribution in [1.82, 2.24) is 14.9 Å². The van der Waals surface area contributed by atoms with Crippen molar-refractivity contribution in [3.63, 3.8) is 0 Å². The van der Waals surface area contributed by atoms with Crippen molar-refractivity contribution in [2.24, 2.45) is 0 Å². The zero-order valence-electron chi connectivity index (χ0n) is 16.9. The van der Waals surface area contributed by atoms with Gasteiger partial charge in [0.05, 0.1) is 5.56 Å². The van der Waals surface area contributed by atoms with Crippen LogP contribution < -0.4 is 4.90 Å². The Labute approximate surface area is 184 Å². The van der Waals surface area contributed by atoms with E-state index in [0.717, 1.165) is 27.5 Å². The van der Waals surface area contributed by atoms with E-state index in [1.54, 1.807) is 23.6 Å². The molecular weight excluding hydrogens is 408 g/mol. The number of piperazine rings is 1. The number of phenols is 1. The number of hydrogen-bond donors (Lipinski definition) is 1. The first-order valence-electron chi connectivity index (χ1n) is 10.3. The number of phenolic OH excluding ortho intramolecular Hbond substituents is 1. The Kier molecular flexibility index (Phi) is 5.26. The quantitative estimate of drug-likeness (QED) is 0.531. The molecule has 0 atom stereocenters. The fourth-order valence-corrected chi connectivity index (χ4v) is 4.82. The van der Waals surface area contributed by atoms with Gasteiger partial charge in [0.15, 0.2) is 5.13 Å². The predicted octanol–water partition coefficient (Wildman–Crippen LogP) is 3.95. The van der Waals surface area contributed by atoms with Gasteiger partial charge in [0.1, 0.15) is 16.1 Å². The lowest BCUT2D eigenvalue weighted by molar-refractivity contribution is 0.0743. The number of pyridine rings is 1. The summed E-state index contributed by atoms with van der Waals surface area (Å²) in [6, 6.07) is 19.3. The maximum absolute atomic E-state index is 13.1. The lowest BCUT2D eigenvalue weighted by Crippen LogP contribution is -2.48. The van der Waals surface area contributed by atoms with Crippen LogP contribution in [-0.2, 0) is 6.42 Å². The predicted molar refractivity (Wildman–Crippen MR) is 123 cm³/mol. The Bertz CT molecular complexity index is 1180. The molecule has 3 heterocycles. The fraction of sp³-hybridized carbons (Fsp3) is 0.208. The van der Waals surface area contributed by atoms with Gasteiger partial charge < -0.3 is 14.9 Å². The zero-order chi connectivity index (χ0) is 21.2. The average molecular weight is 431 g/mol. The molecule has 0 radical (unpaired) electrons. The molecule has 156 valence electrons. The number of carbonyl (C=O) groups excluding carboxylic acids is 1. The van der Waals surface area contributed by atoms with Crippen molar-refractivity contribution < 1.29 is 9.90 Å². The second-order valence-corrected chi connectivity index (χ2v) is 8.57. The standard InChI is InChI=1S/C24H22N4O2S/c29-21-9-8-18(15-17-5-2-1-3-6-17)16-19(21)23(30)27-11-13-28(14-12-27)24-26-20-7-4-10-25-22(20)31-24/h1-10,16,29H,11-15H2. The second kappa shape index (κ2) is 8.35. The minimum Gasteiger partial charge on any atom is -0.507 e. The number of aromatic nitrogens is 2. The summed E-state index contributed by atoms with van der Waals surface area (Å²) in [5, 5.41) is 11.3.